The van der Waals surface area contributed by atoms with Crippen LogP contribution in [0.25, 0.3) is 0 Å². The molecule has 19 heavy (non-hydrogen) atoms. The predicted octanol–water partition coefficient (Wildman–Crippen LogP) is 3.37. The SMILES string of the molecule is O=C(CCC1CCNCC1)Cc1cccc(F)c1Cl. The van der Waals surface area contributed by atoms with Gasteiger partial charge in [-0.3, -0.25) is 4.79 Å². The first-order valence-electron chi connectivity index (χ1n) is 6.82. The lowest BCUT2D eigenvalue weighted by molar-refractivity contribution is -0.118. The molecule has 1 aliphatic heterocycles. The lowest BCUT2D eigenvalue weighted by atomic mass is 9.91. The Kier molecular flexibility index (Phi) is 5.34. The first-order chi connectivity index (χ1) is 9.16. The molecule has 0 spiro atoms. The fourth-order valence-corrected chi connectivity index (χ4v) is 2.71. The summed E-state index contributed by atoms with van der Waals surface area (Å²) < 4.78 is 13.3. The molecule has 1 heterocycles. The van der Waals surface area contributed by atoms with Crippen LogP contribution in [0.4, 0.5) is 4.39 Å². The number of nitrogens with one attached hydrogen (secondary N) is 1. The van der Waals surface area contributed by atoms with Crippen LogP contribution < -0.4 is 5.32 Å². The molecule has 1 aromatic carbocycles. The molecule has 0 atom stereocenters. The molecule has 1 saturated heterocycles. The number of rotatable bonds is 5. The molecular formula is C15H19ClFNO. The topological polar surface area (TPSA) is 29.1 Å². The number of hydrogen-bond acceptors (Lipinski definition) is 2. The molecule has 1 fully saturated rings. The number of carbonyl (C=O) groups is 1. The fraction of sp³-hybridized carbons (Fsp3) is 0.533. The summed E-state index contributed by atoms with van der Waals surface area (Å²) in [6, 6.07) is 4.62. The Bertz CT molecular complexity index is 444. The quantitative estimate of drug-likeness (QED) is 0.898. The van der Waals surface area contributed by atoms with Crippen LogP contribution in [0.5, 0.6) is 0 Å². The summed E-state index contributed by atoms with van der Waals surface area (Å²) in [7, 11) is 0. The molecule has 0 bridgehead atoms. The van der Waals surface area contributed by atoms with Crippen molar-refractivity contribution in [3.63, 3.8) is 0 Å². The number of benzene rings is 1. The van der Waals surface area contributed by atoms with Crippen LogP contribution in [-0.2, 0) is 11.2 Å². The minimum atomic E-state index is -0.453. The van der Waals surface area contributed by atoms with E-state index in [1.165, 1.54) is 6.07 Å². The largest absolute Gasteiger partial charge is 0.317 e. The molecule has 2 nitrogen and oxygen atoms in total. The summed E-state index contributed by atoms with van der Waals surface area (Å²) in [6.07, 6.45) is 4.04. The first-order valence-corrected chi connectivity index (χ1v) is 7.20. The van der Waals surface area contributed by atoms with E-state index < -0.39 is 5.82 Å². The smallest absolute Gasteiger partial charge is 0.142 e. The number of halogens is 2. The molecule has 2 rings (SSSR count). The highest BCUT2D eigenvalue weighted by atomic mass is 35.5. The van der Waals surface area contributed by atoms with Gasteiger partial charge in [0.15, 0.2) is 0 Å². The van der Waals surface area contributed by atoms with Crippen molar-refractivity contribution in [2.75, 3.05) is 13.1 Å². The van der Waals surface area contributed by atoms with Gasteiger partial charge in [0.25, 0.3) is 0 Å². The van der Waals surface area contributed by atoms with E-state index in [1.54, 1.807) is 12.1 Å². The summed E-state index contributed by atoms with van der Waals surface area (Å²) in [5.41, 5.74) is 0.594. The molecule has 1 aromatic rings. The summed E-state index contributed by atoms with van der Waals surface area (Å²) in [4.78, 5) is 11.9. The molecule has 0 amide bonds. The number of ketones is 1. The van der Waals surface area contributed by atoms with E-state index >= 15 is 0 Å². The maximum absolute atomic E-state index is 13.3. The third-order valence-corrected chi connectivity index (χ3v) is 4.13. The zero-order valence-corrected chi connectivity index (χ0v) is 11.7. The van der Waals surface area contributed by atoms with Crippen molar-refractivity contribution in [3.8, 4) is 0 Å². The fourth-order valence-electron chi connectivity index (χ4n) is 2.52. The van der Waals surface area contributed by atoms with Crippen LogP contribution >= 0.6 is 11.6 Å². The molecule has 4 heteroatoms. The zero-order valence-electron chi connectivity index (χ0n) is 10.9. The van der Waals surface area contributed by atoms with Crippen molar-refractivity contribution in [1.29, 1.82) is 0 Å². The maximum atomic E-state index is 13.3. The van der Waals surface area contributed by atoms with E-state index in [0.717, 1.165) is 32.4 Å². The van der Waals surface area contributed by atoms with Gasteiger partial charge >= 0.3 is 0 Å². The highest BCUT2D eigenvalue weighted by molar-refractivity contribution is 6.31. The molecule has 104 valence electrons. The van der Waals surface area contributed by atoms with Crippen molar-refractivity contribution in [2.45, 2.75) is 32.1 Å². The van der Waals surface area contributed by atoms with Crippen molar-refractivity contribution >= 4 is 17.4 Å². The first kappa shape index (κ1) is 14.5. The normalized spacial score (nSPS) is 16.5. The standard InChI is InChI=1S/C15H19ClFNO/c16-15-12(2-1-3-14(15)17)10-13(19)5-4-11-6-8-18-9-7-11/h1-3,11,18H,4-10H2. The van der Waals surface area contributed by atoms with E-state index in [-0.39, 0.29) is 17.2 Å². The molecule has 0 aromatic heterocycles. The van der Waals surface area contributed by atoms with Gasteiger partial charge in [-0.15, -0.1) is 0 Å². The van der Waals surface area contributed by atoms with Crippen LogP contribution in [0, 0.1) is 11.7 Å². The van der Waals surface area contributed by atoms with Gasteiger partial charge in [0.2, 0.25) is 0 Å². The number of carbonyl (C=O) groups excluding carboxylic acids is 1. The summed E-state index contributed by atoms with van der Waals surface area (Å²) in [6.45, 7) is 2.10. The molecule has 0 radical (unpaired) electrons. The van der Waals surface area contributed by atoms with E-state index in [2.05, 4.69) is 5.32 Å². The number of Topliss-reactive ketones (excluding diaryl/α,β-unsaturated/α-hetero) is 1. The van der Waals surface area contributed by atoms with Gasteiger partial charge in [0, 0.05) is 12.8 Å². The molecule has 1 N–H and O–H groups in total. The third kappa shape index (κ3) is 4.29. The van der Waals surface area contributed by atoms with Gasteiger partial charge in [0.1, 0.15) is 11.6 Å². The third-order valence-electron chi connectivity index (χ3n) is 3.71. The van der Waals surface area contributed by atoms with Crippen LogP contribution in [0.1, 0.15) is 31.2 Å². The zero-order chi connectivity index (χ0) is 13.7. The highest BCUT2D eigenvalue weighted by Gasteiger charge is 2.15. The van der Waals surface area contributed by atoms with Gasteiger partial charge in [-0.05, 0) is 49.9 Å². The molecule has 0 unspecified atom stereocenters. The van der Waals surface area contributed by atoms with Crippen LogP contribution in [0.3, 0.4) is 0 Å². The van der Waals surface area contributed by atoms with E-state index in [1.807, 2.05) is 0 Å². The highest BCUT2D eigenvalue weighted by Crippen LogP contribution is 2.22. The molecule has 1 aliphatic rings. The Morgan fingerprint density at radius 3 is 2.84 bits per heavy atom. The predicted molar refractivity (Wildman–Crippen MR) is 74.9 cm³/mol. The molecule has 0 saturated carbocycles. The second-order valence-electron chi connectivity index (χ2n) is 5.16. The monoisotopic (exact) mass is 283 g/mol. The van der Waals surface area contributed by atoms with E-state index in [4.69, 9.17) is 11.6 Å². The van der Waals surface area contributed by atoms with Crippen LogP contribution in [-0.4, -0.2) is 18.9 Å². The Labute approximate surface area is 118 Å². The minimum Gasteiger partial charge on any atom is -0.317 e. The summed E-state index contributed by atoms with van der Waals surface area (Å²) >= 11 is 5.85. The van der Waals surface area contributed by atoms with Crippen LogP contribution in [0.15, 0.2) is 18.2 Å². The van der Waals surface area contributed by atoms with Crippen LogP contribution in [0.2, 0.25) is 5.02 Å². The average Bonchev–Trinajstić information content (AvgIpc) is 2.43. The van der Waals surface area contributed by atoms with Gasteiger partial charge in [-0.25, -0.2) is 4.39 Å². The minimum absolute atomic E-state index is 0.0812. The van der Waals surface area contributed by atoms with E-state index in [0.29, 0.717) is 17.9 Å². The van der Waals surface area contributed by atoms with Gasteiger partial charge in [-0.1, -0.05) is 23.7 Å². The van der Waals surface area contributed by atoms with Crippen molar-refractivity contribution < 1.29 is 9.18 Å². The average molecular weight is 284 g/mol. The lowest BCUT2D eigenvalue weighted by Gasteiger charge is -2.22. The Hall–Kier alpha value is -0.930. The van der Waals surface area contributed by atoms with Gasteiger partial charge in [0.05, 0.1) is 5.02 Å². The number of piperidine rings is 1. The van der Waals surface area contributed by atoms with Crippen molar-refractivity contribution in [1.82, 2.24) is 5.32 Å². The van der Waals surface area contributed by atoms with Crippen molar-refractivity contribution in [3.05, 3.63) is 34.6 Å². The second kappa shape index (κ2) is 7.01. The van der Waals surface area contributed by atoms with Gasteiger partial charge < -0.3 is 5.32 Å². The summed E-state index contributed by atoms with van der Waals surface area (Å²) in [5, 5.41) is 3.39. The van der Waals surface area contributed by atoms with E-state index in [9.17, 15) is 9.18 Å². The maximum Gasteiger partial charge on any atom is 0.142 e. The molecular weight excluding hydrogens is 265 g/mol. The molecule has 0 aliphatic carbocycles. The van der Waals surface area contributed by atoms with Crippen molar-refractivity contribution in [2.24, 2.45) is 5.92 Å². The number of hydrogen-bond donors (Lipinski definition) is 1. The van der Waals surface area contributed by atoms with Gasteiger partial charge in [-0.2, -0.15) is 0 Å². The lowest BCUT2D eigenvalue weighted by Crippen LogP contribution is -2.28. The Morgan fingerprint density at radius 1 is 1.37 bits per heavy atom. The Balaban J connectivity index is 1.82. The second-order valence-corrected chi connectivity index (χ2v) is 5.54. The Morgan fingerprint density at radius 2 is 2.11 bits per heavy atom. The summed E-state index contributed by atoms with van der Waals surface area (Å²) in [5.74, 6) is 0.338.